The molecule has 0 radical (unpaired) electrons. The highest BCUT2D eigenvalue weighted by atomic mass is 16.1. The number of hydrogen-bond donors (Lipinski definition) is 2. The normalized spacial score (nSPS) is 10.4. The van der Waals surface area contributed by atoms with Crippen LogP contribution in [0.15, 0.2) is 18.3 Å². The molecule has 18 heavy (non-hydrogen) atoms. The van der Waals surface area contributed by atoms with Crippen LogP contribution >= 0.6 is 0 Å². The number of nitrogens with zero attached hydrogens (tertiary/aromatic N) is 2. The molecule has 1 heterocycles. The van der Waals surface area contributed by atoms with Crippen LogP contribution in [0.25, 0.3) is 0 Å². The van der Waals surface area contributed by atoms with Gasteiger partial charge in [-0.2, -0.15) is 0 Å². The average molecular weight is 250 g/mol. The number of aromatic nitrogens is 1. The van der Waals surface area contributed by atoms with Gasteiger partial charge in [-0.3, -0.25) is 4.79 Å². The maximum absolute atomic E-state index is 11.6. The number of hydrogen-bond acceptors (Lipinski definition) is 4. The van der Waals surface area contributed by atoms with E-state index in [-0.39, 0.29) is 5.91 Å². The number of nitrogens with one attached hydrogen (secondary N) is 1. The van der Waals surface area contributed by atoms with Crippen molar-refractivity contribution in [3.05, 3.63) is 18.3 Å². The second kappa shape index (κ2) is 6.83. The minimum Gasteiger partial charge on any atom is -0.397 e. The standard InChI is InChI=1S/C13H22N4O/c1-10(2)8-16-13(18)6-7-17(3)12-5-4-11(14)9-15-12/h4-5,9-10H,6-8,14H2,1-3H3,(H,16,18). The first-order valence-electron chi connectivity index (χ1n) is 6.18. The van der Waals surface area contributed by atoms with Crippen molar-refractivity contribution in [1.29, 1.82) is 0 Å². The third kappa shape index (κ3) is 5.03. The molecule has 0 aliphatic rings. The maximum Gasteiger partial charge on any atom is 0.221 e. The zero-order valence-electron chi connectivity index (χ0n) is 11.3. The quantitative estimate of drug-likeness (QED) is 0.797. The average Bonchev–Trinajstić information content (AvgIpc) is 2.34. The fourth-order valence-corrected chi connectivity index (χ4v) is 1.41. The molecule has 0 unspecified atom stereocenters. The number of nitrogens with two attached hydrogens (primary N) is 1. The molecule has 0 aromatic carbocycles. The predicted molar refractivity (Wildman–Crippen MR) is 74.4 cm³/mol. The van der Waals surface area contributed by atoms with Gasteiger partial charge < -0.3 is 16.0 Å². The lowest BCUT2D eigenvalue weighted by Gasteiger charge is -2.18. The predicted octanol–water partition coefficient (Wildman–Crippen LogP) is 1.26. The molecule has 0 spiro atoms. The Kier molecular flexibility index (Phi) is 5.42. The van der Waals surface area contributed by atoms with E-state index in [2.05, 4.69) is 24.1 Å². The zero-order valence-corrected chi connectivity index (χ0v) is 11.3. The van der Waals surface area contributed by atoms with Crippen LogP contribution in [0.5, 0.6) is 0 Å². The van der Waals surface area contributed by atoms with Gasteiger partial charge in [0, 0.05) is 26.6 Å². The number of rotatable bonds is 6. The first kappa shape index (κ1) is 14.3. The SMILES string of the molecule is CC(C)CNC(=O)CCN(C)c1ccc(N)cn1. The van der Waals surface area contributed by atoms with Gasteiger partial charge in [0.05, 0.1) is 11.9 Å². The van der Waals surface area contributed by atoms with Crippen LogP contribution in [0.1, 0.15) is 20.3 Å². The van der Waals surface area contributed by atoms with Gasteiger partial charge in [0.25, 0.3) is 0 Å². The summed E-state index contributed by atoms with van der Waals surface area (Å²) in [7, 11) is 1.91. The van der Waals surface area contributed by atoms with E-state index in [4.69, 9.17) is 5.73 Å². The van der Waals surface area contributed by atoms with Gasteiger partial charge in [0.15, 0.2) is 0 Å². The molecule has 0 saturated heterocycles. The summed E-state index contributed by atoms with van der Waals surface area (Å²) >= 11 is 0. The third-order valence-corrected chi connectivity index (χ3v) is 2.54. The van der Waals surface area contributed by atoms with Gasteiger partial charge in [-0.25, -0.2) is 4.98 Å². The summed E-state index contributed by atoms with van der Waals surface area (Å²) < 4.78 is 0. The molecule has 1 amide bonds. The Morgan fingerprint density at radius 2 is 2.22 bits per heavy atom. The smallest absolute Gasteiger partial charge is 0.221 e. The number of carbonyl (C=O) groups is 1. The van der Waals surface area contributed by atoms with E-state index >= 15 is 0 Å². The Balaban J connectivity index is 2.34. The molecule has 3 N–H and O–H groups in total. The van der Waals surface area contributed by atoms with Crippen molar-refractivity contribution >= 4 is 17.4 Å². The van der Waals surface area contributed by atoms with Crippen LogP contribution in [0.2, 0.25) is 0 Å². The molecule has 1 aromatic rings. The van der Waals surface area contributed by atoms with Crippen molar-refractivity contribution in [1.82, 2.24) is 10.3 Å². The van der Waals surface area contributed by atoms with E-state index in [0.29, 0.717) is 24.6 Å². The van der Waals surface area contributed by atoms with Crippen LogP contribution in [0, 0.1) is 5.92 Å². The highest BCUT2D eigenvalue weighted by molar-refractivity contribution is 5.76. The lowest BCUT2D eigenvalue weighted by molar-refractivity contribution is -0.121. The highest BCUT2D eigenvalue weighted by Gasteiger charge is 2.06. The Morgan fingerprint density at radius 1 is 1.50 bits per heavy atom. The van der Waals surface area contributed by atoms with Crippen LogP contribution in [-0.2, 0) is 4.79 Å². The molecule has 0 saturated carbocycles. The molecule has 5 nitrogen and oxygen atoms in total. The van der Waals surface area contributed by atoms with Crippen molar-refractivity contribution in [2.24, 2.45) is 5.92 Å². The van der Waals surface area contributed by atoms with Crippen molar-refractivity contribution < 1.29 is 4.79 Å². The van der Waals surface area contributed by atoms with Gasteiger partial charge in [0.2, 0.25) is 5.91 Å². The van der Waals surface area contributed by atoms with Crippen molar-refractivity contribution in [2.45, 2.75) is 20.3 Å². The summed E-state index contributed by atoms with van der Waals surface area (Å²) in [6.45, 7) is 5.51. The molecule has 1 rings (SSSR count). The van der Waals surface area contributed by atoms with E-state index in [9.17, 15) is 4.79 Å². The number of amides is 1. The number of anilines is 2. The zero-order chi connectivity index (χ0) is 13.5. The lowest BCUT2D eigenvalue weighted by atomic mass is 10.2. The summed E-state index contributed by atoms with van der Waals surface area (Å²) in [6.07, 6.45) is 2.08. The Morgan fingerprint density at radius 3 is 2.78 bits per heavy atom. The third-order valence-electron chi connectivity index (χ3n) is 2.54. The molecule has 1 aromatic heterocycles. The lowest BCUT2D eigenvalue weighted by Crippen LogP contribution is -2.31. The largest absolute Gasteiger partial charge is 0.397 e. The van der Waals surface area contributed by atoms with Gasteiger partial charge in [-0.15, -0.1) is 0 Å². The fraction of sp³-hybridized carbons (Fsp3) is 0.538. The molecule has 0 aliphatic carbocycles. The molecule has 0 bridgehead atoms. The fourth-order valence-electron chi connectivity index (χ4n) is 1.41. The summed E-state index contributed by atoms with van der Waals surface area (Å²) in [6, 6.07) is 3.65. The molecule has 5 heteroatoms. The number of pyridine rings is 1. The van der Waals surface area contributed by atoms with Crippen LogP contribution in [-0.4, -0.2) is 31.0 Å². The van der Waals surface area contributed by atoms with E-state index < -0.39 is 0 Å². The molecule has 0 fully saturated rings. The Hall–Kier alpha value is -1.78. The number of nitrogen functional groups attached to an aromatic ring is 1. The molecule has 0 aliphatic heterocycles. The first-order valence-corrected chi connectivity index (χ1v) is 6.18. The highest BCUT2D eigenvalue weighted by Crippen LogP contribution is 2.10. The van der Waals surface area contributed by atoms with Crippen LogP contribution in [0.3, 0.4) is 0 Å². The Labute approximate surface area is 108 Å². The van der Waals surface area contributed by atoms with E-state index in [0.717, 1.165) is 12.4 Å². The number of carbonyl (C=O) groups excluding carboxylic acids is 1. The summed E-state index contributed by atoms with van der Waals surface area (Å²) in [4.78, 5) is 17.7. The van der Waals surface area contributed by atoms with Crippen LogP contribution in [0.4, 0.5) is 11.5 Å². The topological polar surface area (TPSA) is 71.2 Å². The van der Waals surface area contributed by atoms with E-state index in [1.54, 1.807) is 12.3 Å². The Bertz CT molecular complexity index is 375. The van der Waals surface area contributed by atoms with Gasteiger partial charge in [-0.1, -0.05) is 13.8 Å². The summed E-state index contributed by atoms with van der Waals surface area (Å²) in [5.41, 5.74) is 6.21. The summed E-state index contributed by atoms with van der Waals surface area (Å²) in [5, 5.41) is 2.89. The molecule has 0 atom stereocenters. The van der Waals surface area contributed by atoms with Crippen LogP contribution < -0.4 is 16.0 Å². The summed E-state index contributed by atoms with van der Waals surface area (Å²) in [5.74, 6) is 1.37. The van der Waals surface area contributed by atoms with Gasteiger partial charge in [-0.05, 0) is 18.1 Å². The van der Waals surface area contributed by atoms with E-state index in [1.165, 1.54) is 0 Å². The van der Waals surface area contributed by atoms with E-state index in [1.807, 2.05) is 18.0 Å². The van der Waals surface area contributed by atoms with Crippen molar-refractivity contribution in [3.8, 4) is 0 Å². The van der Waals surface area contributed by atoms with Crippen molar-refractivity contribution in [2.75, 3.05) is 30.8 Å². The minimum absolute atomic E-state index is 0.0750. The molecular weight excluding hydrogens is 228 g/mol. The minimum atomic E-state index is 0.0750. The second-order valence-corrected chi connectivity index (χ2v) is 4.82. The first-order chi connectivity index (χ1) is 8.49. The monoisotopic (exact) mass is 250 g/mol. The molecular formula is C13H22N4O. The second-order valence-electron chi connectivity index (χ2n) is 4.82. The molecule has 100 valence electrons. The van der Waals surface area contributed by atoms with Gasteiger partial charge in [0.1, 0.15) is 5.82 Å². The van der Waals surface area contributed by atoms with Gasteiger partial charge >= 0.3 is 0 Å². The maximum atomic E-state index is 11.6. The van der Waals surface area contributed by atoms with Crippen molar-refractivity contribution in [3.63, 3.8) is 0 Å².